The first kappa shape index (κ1) is 44.4. The van der Waals surface area contributed by atoms with Crippen molar-refractivity contribution < 1.29 is 56.8 Å². The smallest absolute Gasteiger partial charge is 0.306 e. The van der Waals surface area contributed by atoms with Crippen LogP contribution in [0, 0.1) is 0 Å². The van der Waals surface area contributed by atoms with Crippen molar-refractivity contribution in [2.24, 2.45) is 0 Å². The van der Waals surface area contributed by atoms with Crippen molar-refractivity contribution in [3.05, 3.63) is 12.2 Å². The van der Waals surface area contributed by atoms with E-state index in [0.29, 0.717) is 12.8 Å². The maximum absolute atomic E-state index is 12.7. The van der Waals surface area contributed by atoms with Crippen LogP contribution >= 0.6 is 0 Å². The highest BCUT2D eigenvalue weighted by Gasteiger charge is 2.46. The van der Waals surface area contributed by atoms with Gasteiger partial charge in [-0.1, -0.05) is 109 Å². The van der Waals surface area contributed by atoms with Gasteiger partial charge in [0.1, 0.15) is 36.8 Å². The summed E-state index contributed by atoms with van der Waals surface area (Å²) in [5, 5.41) is 30.6. The molecule has 0 aromatic rings. The average molecular weight is 709 g/mol. The van der Waals surface area contributed by atoms with Gasteiger partial charge in [-0.3, -0.25) is 14.1 Å². The zero-order valence-electron chi connectivity index (χ0n) is 29.3. The Labute approximate surface area is 288 Å². The summed E-state index contributed by atoms with van der Waals surface area (Å²) < 4.78 is 53.6. The van der Waals surface area contributed by atoms with Gasteiger partial charge in [0, 0.05) is 12.8 Å². The van der Waals surface area contributed by atoms with Gasteiger partial charge < -0.3 is 34.3 Å². The number of ether oxygens (including phenoxy) is 4. The summed E-state index contributed by atoms with van der Waals surface area (Å²) in [5.41, 5.74) is 0. The molecule has 1 heterocycles. The van der Waals surface area contributed by atoms with Crippen LogP contribution in [0.1, 0.15) is 142 Å². The van der Waals surface area contributed by atoms with E-state index in [9.17, 15) is 37.9 Å². The minimum atomic E-state index is -4.59. The van der Waals surface area contributed by atoms with Gasteiger partial charge in [-0.15, -0.1) is 0 Å². The average Bonchev–Trinajstić information content (AvgIpc) is 3.04. The van der Waals surface area contributed by atoms with Crippen molar-refractivity contribution in [2.75, 3.05) is 19.0 Å². The Kier molecular flexibility index (Phi) is 25.1. The quantitative estimate of drug-likeness (QED) is 0.0329. The molecule has 0 saturated carbocycles. The first-order valence-electron chi connectivity index (χ1n) is 18.2. The van der Waals surface area contributed by atoms with Gasteiger partial charge in [-0.05, 0) is 32.1 Å². The highest BCUT2D eigenvalue weighted by Crippen LogP contribution is 2.24. The number of aliphatic hydroxyl groups excluding tert-OH is 3. The molecule has 6 atom stereocenters. The molecular formula is C35H64O12S. The third-order valence-electron chi connectivity index (χ3n) is 8.35. The van der Waals surface area contributed by atoms with Crippen molar-refractivity contribution >= 4 is 22.1 Å². The number of allylic oxidation sites excluding steroid dienone is 2. The van der Waals surface area contributed by atoms with Gasteiger partial charge in [0.15, 0.2) is 12.4 Å². The standard InChI is InChI=1S/C35H64O12S/c1-3-5-7-9-11-13-14-16-18-20-22-24-31(37)46-28(25-44-30(36)23-21-19-17-15-12-10-8-6-4-2)26-45-35-34(40)33(39)32(38)29(47-35)27-48(41,42)43/h9,11,28-29,32-35,38-40H,3-8,10,12-27H2,1-2H3,(H,41,42,43)/b11-9+/t28-,29-,32-,33?,34?,35+/m1/s1. The van der Waals surface area contributed by atoms with Crippen LogP contribution in [0.15, 0.2) is 12.2 Å². The minimum absolute atomic E-state index is 0.156. The van der Waals surface area contributed by atoms with Crippen LogP contribution in [-0.2, 0) is 38.7 Å². The second kappa shape index (κ2) is 27.2. The third-order valence-corrected chi connectivity index (χ3v) is 9.10. The summed E-state index contributed by atoms with van der Waals surface area (Å²) in [6, 6.07) is 0. The Hall–Kier alpha value is -1.61. The number of hydrogen-bond donors (Lipinski definition) is 4. The number of carbonyl (C=O) groups excluding carboxylic acids is 2. The summed E-state index contributed by atoms with van der Waals surface area (Å²) in [4.78, 5) is 25.1. The molecule has 13 heteroatoms. The molecular weight excluding hydrogens is 644 g/mol. The van der Waals surface area contributed by atoms with E-state index < -0.39 is 71.2 Å². The molecule has 0 spiro atoms. The first-order valence-corrected chi connectivity index (χ1v) is 19.9. The predicted octanol–water partition coefficient (Wildman–Crippen LogP) is 5.55. The number of unbranched alkanes of at least 4 members (excludes halogenated alkanes) is 15. The van der Waals surface area contributed by atoms with Gasteiger partial charge in [0.25, 0.3) is 10.1 Å². The van der Waals surface area contributed by atoms with E-state index >= 15 is 0 Å². The van der Waals surface area contributed by atoms with E-state index in [0.717, 1.165) is 57.8 Å². The van der Waals surface area contributed by atoms with Gasteiger partial charge in [-0.25, -0.2) is 0 Å². The number of esters is 2. The van der Waals surface area contributed by atoms with Crippen molar-refractivity contribution in [2.45, 2.75) is 179 Å². The summed E-state index contributed by atoms with van der Waals surface area (Å²) in [6.07, 6.45) is 14.3. The molecule has 48 heavy (non-hydrogen) atoms. The lowest BCUT2D eigenvalue weighted by Crippen LogP contribution is -2.60. The molecule has 1 saturated heterocycles. The summed E-state index contributed by atoms with van der Waals surface area (Å²) in [7, 11) is -4.59. The maximum Gasteiger partial charge on any atom is 0.306 e. The molecule has 1 aliphatic heterocycles. The summed E-state index contributed by atoms with van der Waals surface area (Å²) in [5.74, 6) is -2.00. The second-order valence-corrected chi connectivity index (χ2v) is 14.4. The number of hydrogen-bond acceptors (Lipinski definition) is 11. The zero-order valence-corrected chi connectivity index (χ0v) is 30.2. The van der Waals surface area contributed by atoms with Gasteiger partial charge in [0.05, 0.1) is 6.61 Å². The third kappa shape index (κ3) is 22.2. The van der Waals surface area contributed by atoms with Crippen LogP contribution in [0.2, 0.25) is 0 Å². The summed E-state index contributed by atoms with van der Waals surface area (Å²) >= 11 is 0. The Balaban J connectivity index is 2.57. The topological polar surface area (TPSA) is 186 Å². The van der Waals surface area contributed by atoms with Crippen LogP contribution in [0.25, 0.3) is 0 Å². The molecule has 0 bridgehead atoms. The Bertz CT molecular complexity index is 973. The SMILES string of the molecule is CCCC/C=C/CCCCCCCC(=O)O[C@H](COC(=O)CCCCCCCCCCC)CO[C@H]1O[C@H](CS(=O)(=O)O)[C@@H](O)C(O)C1O. The molecule has 0 aliphatic carbocycles. The lowest BCUT2D eigenvalue weighted by Gasteiger charge is -2.40. The number of rotatable bonds is 29. The van der Waals surface area contributed by atoms with E-state index in [-0.39, 0.29) is 19.4 Å². The fourth-order valence-corrected chi connectivity index (χ4v) is 6.11. The maximum atomic E-state index is 12.7. The fraction of sp³-hybridized carbons (Fsp3) is 0.886. The molecule has 12 nitrogen and oxygen atoms in total. The molecule has 282 valence electrons. The van der Waals surface area contributed by atoms with Crippen molar-refractivity contribution in [1.82, 2.24) is 0 Å². The highest BCUT2D eigenvalue weighted by molar-refractivity contribution is 7.85. The Morgan fingerprint density at radius 2 is 1.21 bits per heavy atom. The largest absolute Gasteiger partial charge is 0.462 e. The van der Waals surface area contributed by atoms with Crippen LogP contribution in [0.4, 0.5) is 0 Å². The molecule has 0 aromatic carbocycles. The molecule has 2 unspecified atom stereocenters. The number of carbonyl (C=O) groups is 2. The fourth-order valence-electron chi connectivity index (χ4n) is 5.42. The van der Waals surface area contributed by atoms with Crippen LogP contribution in [0.3, 0.4) is 0 Å². The molecule has 0 radical (unpaired) electrons. The monoisotopic (exact) mass is 708 g/mol. The molecule has 0 aromatic heterocycles. The Morgan fingerprint density at radius 3 is 1.79 bits per heavy atom. The van der Waals surface area contributed by atoms with E-state index in [1.54, 1.807) is 0 Å². The lowest BCUT2D eigenvalue weighted by molar-refractivity contribution is -0.297. The van der Waals surface area contributed by atoms with E-state index in [4.69, 9.17) is 18.9 Å². The van der Waals surface area contributed by atoms with Gasteiger partial charge >= 0.3 is 11.9 Å². The second-order valence-electron chi connectivity index (χ2n) is 12.9. The van der Waals surface area contributed by atoms with Crippen LogP contribution in [-0.4, -0.2) is 96.0 Å². The van der Waals surface area contributed by atoms with E-state index in [2.05, 4.69) is 26.0 Å². The lowest BCUT2D eigenvalue weighted by atomic mass is 10.00. The van der Waals surface area contributed by atoms with Crippen molar-refractivity contribution in [1.29, 1.82) is 0 Å². The molecule has 0 amide bonds. The first-order chi connectivity index (χ1) is 23.0. The van der Waals surface area contributed by atoms with Gasteiger partial charge in [-0.2, -0.15) is 8.42 Å². The van der Waals surface area contributed by atoms with Crippen LogP contribution in [0.5, 0.6) is 0 Å². The summed E-state index contributed by atoms with van der Waals surface area (Å²) in [6.45, 7) is 3.65. The van der Waals surface area contributed by atoms with E-state index in [1.807, 2.05) is 0 Å². The van der Waals surface area contributed by atoms with E-state index in [1.165, 1.54) is 44.9 Å². The van der Waals surface area contributed by atoms with Crippen LogP contribution < -0.4 is 0 Å². The highest BCUT2D eigenvalue weighted by atomic mass is 32.2. The number of aliphatic hydroxyl groups is 3. The molecule has 1 fully saturated rings. The minimum Gasteiger partial charge on any atom is -0.462 e. The van der Waals surface area contributed by atoms with Crippen molar-refractivity contribution in [3.63, 3.8) is 0 Å². The molecule has 4 N–H and O–H groups in total. The van der Waals surface area contributed by atoms with Crippen molar-refractivity contribution in [3.8, 4) is 0 Å². The Morgan fingerprint density at radius 1 is 0.688 bits per heavy atom. The predicted molar refractivity (Wildman–Crippen MR) is 183 cm³/mol. The zero-order chi connectivity index (χ0) is 35.6. The van der Waals surface area contributed by atoms with Gasteiger partial charge in [0.2, 0.25) is 0 Å². The normalized spacial score (nSPS) is 22.2. The molecule has 1 aliphatic rings. The molecule has 1 rings (SSSR count).